The van der Waals surface area contributed by atoms with Crippen LogP contribution in [0.2, 0.25) is 0 Å². The standard InChI is InChI=1S/C9H9N5O2/c1-14-5-10-4-7(14)6-3-11-8(13-12-6)2-9(15)16/h3-5H,2H2,1H3,(H,15,16). The van der Waals surface area contributed by atoms with Crippen molar-refractivity contribution in [3.63, 3.8) is 0 Å². The van der Waals surface area contributed by atoms with Gasteiger partial charge in [-0.1, -0.05) is 0 Å². The number of rotatable bonds is 3. The Balaban J connectivity index is 2.26. The lowest BCUT2D eigenvalue weighted by Gasteiger charge is -2.00. The summed E-state index contributed by atoms with van der Waals surface area (Å²) >= 11 is 0. The van der Waals surface area contributed by atoms with Crippen molar-refractivity contribution < 1.29 is 9.90 Å². The fourth-order valence-electron chi connectivity index (χ4n) is 1.24. The van der Waals surface area contributed by atoms with Gasteiger partial charge < -0.3 is 9.67 Å². The summed E-state index contributed by atoms with van der Waals surface area (Å²) in [5.74, 6) is -0.784. The van der Waals surface area contributed by atoms with Crippen molar-refractivity contribution >= 4 is 5.97 Å². The highest BCUT2D eigenvalue weighted by atomic mass is 16.4. The molecule has 7 nitrogen and oxygen atoms in total. The maximum Gasteiger partial charge on any atom is 0.311 e. The molecule has 16 heavy (non-hydrogen) atoms. The van der Waals surface area contributed by atoms with E-state index in [9.17, 15) is 4.79 Å². The van der Waals surface area contributed by atoms with Gasteiger partial charge >= 0.3 is 5.97 Å². The lowest BCUT2D eigenvalue weighted by molar-refractivity contribution is -0.136. The zero-order valence-corrected chi connectivity index (χ0v) is 8.53. The minimum Gasteiger partial charge on any atom is -0.481 e. The molecule has 0 aliphatic carbocycles. The molecule has 0 amide bonds. The van der Waals surface area contributed by atoms with Gasteiger partial charge in [-0.3, -0.25) is 4.79 Å². The van der Waals surface area contributed by atoms with Crippen molar-refractivity contribution in [1.82, 2.24) is 24.7 Å². The van der Waals surface area contributed by atoms with E-state index in [1.165, 1.54) is 6.20 Å². The summed E-state index contributed by atoms with van der Waals surface area (Å²) in [6.45, 7) is 0. The molecule has 0 bridgehead atoms. The maximum absolute atomic E-state index is 10.4. The molecule has 7 heteroatoms. The first-order chi connectivity index (χ1) is 7.66. The number of hydrogen-bond acceptors (Lipinski definition) is 5. The molecule has 82 valence electrons. The van der Waals surface area contributed by atoms with Crippen molar-refractivity contribution in [2.75, 3.05) is 0 Å². The molecular weight excluding hydrogens is 210 g/mol. The molecule has 0 unspecified atom stereocenters. The zero-order valence-electron chi connectivity index (χ0n) is 8.53. The molecule has 0 atom stereocenters. The van der Waals surface area contributed by atoms with Crippen LogP contribution < -0.4 is 0 Å². The van der Waals surface area contributed by atoms with E-state index in [0.29, 0.717) is 5.69 Å². The third-order valence-corrected chi connectivity index (χ3v) is 2.00. The predicted octanol–water partition coefficient (Wildman–Crippen LogP) is -0.101. The smallest absolute Gasteiger partial charge is 0.311 e. The predicted molar refractivity (Wildman–Crippen MR) is 53.4 cm³/mol. The molecule has 0 saturated heterocycles. The molecule has 1 N–H and O–H groups in total. The molecule has 2 heterocycles. The van der Waals surface area contributed by atoms with Crippen molar-refractivity contribution in [2.24, 2.45) is 7.05 Å². The monoisotopic (exact) mass is 219 g/mol. The number of aliphatic carboxylic acids is 1. The average Bonchev–Trinajstić information content (AvgIpc) is 2.65. The first-order valence-electron chi connectivity index (χ1n) is 4.54. The lowest BCUT2D eigenvalue weighted by Crippen LogP contribution is -2.06. The number of hydrogen-bond donors (Lipinski definition) is 1. The molecule has 2 aromatic rings. The second-order valence-corrected chi connectivity index (χ2v) is 3.22. The molecule has 0 spiro atoms. The van der Waals surface area contributed by atoms with Gasteiger partial charge in [-0.05, 0) is 0 Å². The van der Waals surface area contributed by atoms with Crippen LogP contribution in [0.1, 0.15) is 5.82 Å². The van der Waals surface area contributed by atoms with E-state index >= 15 is 0 Å². The van der Waals surface area contributed by atoms with Gasteiger partial charge in [0.1, 0.15) is 12.1 Å². The highest BCUT2D eigenvalue weighted by molar-refractivity contribution is 5.68. The van der Waals surface area contributed by atoms with Crippen LogP contribution >= 0.6 is 0 Å². The second kappa shape index (κ2) is 4.05. The van der Waals surface area contributed by atoms with E-state index in [2.05, 4.69) is 20.2 Å². The molecule has 0 aliphatic rings. The topological polar surface area (TPSA) is 93.8 Å². The minimum atomic E-state index is -0.977. The Bertz CT molecular complexity index is 505. The number of aryl methyl sites for hydroxylation is 1. The van der Waals surface area contributed by atoms with Gasteiger partial charge in [0.2, 0.25) is 0 Å². The molecule has 0 aromatic carbocycles. The Kier molecular flexibility index (Phi) is 2.59. The average molecular weight is 219 g/mol. The molecule has 0 radical (unpaired) electrons. The van der Waals surface area contributed by atoms with Gasteiger partial charge in [0, 0.05) is 7.05 Å². The Hall–Kier alpha value is -2.31. The van der Waals surface area contributed by atoms with E-state index in [-0.39, 0.29) is 12.2 Å². The van der Waals surface area contributed by atoms with Crippen molar-refractivity contribution in [3.8, 4) is 11.4 Å². The summed E-state index contributed by atoms with van der Waals surface area (Å²) in [5.41, 5.74) is 1.34. The zero-order chi connectivity index (χ0) is 11.5. The number of nitrogens with zero attached hydrogens (tertiary/aromatic N) is 5. The summed E-state index contributed by atoms with van der Waals surface area (Å²) < 4.78 is 1.78. The summed E-state index contributed by atoms with van der Waals surface area (Å²) in [7, 11) is 1.83. The van der Waals surface area contributed by atoms with E-state index in [1.54, 1.807) is 17.1 Å². The van der Waals surface area contributed by atoms with Gasteiger partial charge in [0.25, 0.3) is 0 Å². The van der Waals surface area contributed by atoms with E-state index in [4.69, 9.17) is 5.11 Å². The largest absolute Gasteiger partial charge is 0.481 e. The van der Waals surface area contributed by atoms with Gasteiger partial charge in [-0.25, -0.2) is 9.97 Å². The summed E-state index contributed by atoms with van der Waals surface area (Å²) in [6, 6.07) is 0. The van der Waals surface area contributed by atoms with Crippen LogP contribution in [0.5, 0.6) is 0 Å². The van der Waals surface area contributed by atoms with Crippen LogP contribution in [0.4, 0.5) is 0 Å². The lowest BCUT2D eigenvalue weighted by atomic mass is 10.3. The highest BCUT2D eigenvalue weighted by Crippen LogP contribution is 2.12. The van der Waals surface area contributed by atoms with Crippen LogP contribution in [0.3, 0.4) is 0 Å². The molecular formula is C9H9N5O2. The van der Waals surface area contributed by atoms with Crippen LogP contribution in [-0.4, -0.2) is 35.8 Å². The molecule has 0 saturated carbocycles. The number of carboxylic acids is 1. The number of aromatic nitrogens is 5. The number of imidazole rings is 1. The Morgan fingerprint density at radius 2 is 2.25 bits per heavy atom. The molecule has 2 rings (SSSR count). The van der Waals surface area contributed by atoms with Gasteiger partial charge in [0.15, 0.2) is 5.82 Å². The second-order valence-electron chi connectivity index (χ2n) is 3.22. The van der Waals surface area contributed by atoms with Crippen LogP contribution in [0.25, 0.3) is 11.4 Å². The van der Waals surface area contributed by atoms with E-state index < -0.39 is 5.97 Å². The Labute approximate surface area is 90.8 Å². The van der Waals surface area contributed by atoms with Gasteiger partial charge in [0.05, 0.1) is 24.4 Å². The summed E-state index contributed by atoms with van der Waals surface area (Å²) in [6.07, 6.45) is 4.55. The van der Waals surface area contributed by atoms with E-state index in [1.807, 2.05) is 7.05 Å². The van der Waals surface area contributed by atoms with Gasteiger partial charge in [-0.15, -0.1) is 10.2 Å². The molecule has 2 aromatic heterocycles. The first kappa shape index (κ1) is 10.2. The maximum atomic E-state index is 10.4. The third-order valence-electron chi connectivity index (χ3n) is 2.00. The van der Waals surface area contributed by atoms with Crippen LogP contribution in [-0.2, 0) is 18.3 Å². The Morgan fingerprint density at radius 3 is 2.75 bits per heavy atom. The Morgan fingerprint density at radius 1 is 1.44 bits per heavy atom. The van der Waals surface area contributed by atoms with Gasteiger partial charge in [-0.2, -0.15) is 0 Å². The van der Waals surface area contributed by atoms with Crippen molar-refractivity contribution in [3.05, 3.63) is 24.5 Å². The minimum absolute atomic E-state index is 0.193. The van der Waals surface area contributed by atoms with E-state index in [0.717, 1.165) is 5.69 Å². The normalized spacial score (nSPS) is 10.3. The third kappa shape index (κ3) is 2.02. The fraction of sp³-hybridized carbons (Fsp3) is 0.222. The summed E-state index contributed by atoms with van der Waals surface area (Å²) in [5, 5.41) is 16.2. The van der Waals surface area contributed by atoms with Crippen molar-refractivity contribution in [2.45, 2.75) is 6.42 Å². The van der Waals surface area contributed by atoms with Crippen LogP contribution in [0, 0.1) is 0 Å². The first-order valence-corrected chi connectivity index (χ1v) is 4.54. The SMILES string of the molecule is Cn1cncc1-c1cnc(CC(=O)O)nn1. The summed E-state index contributed by atoms with van der Waals surface area (Å²) in [4.78, 5) is 18.3. The number of carbonyl (C=O) groups is 1. The fourth-order valence-corrected chi connectivity index (χ4v) is 1.24. The molecule has 0 aliphatic heterocycles. The molecule has 0 fully saturated rings. The van der Waals surface area contributed by atoms with Crippen LogP contribution in [0.15, 0.2) is 18.7 Å². The highest BCUT2D eigenvalue weighted by Gasteiger charge is 2.07. The van der Waals surface area contributed by atoms with Crippen molar-refractivity contribution in [1.29, 1.82) is 0 Å². The number of carboxylic acid groups (broad SMARTS) is 1. The quantitative estimate of drug-likeness (QED) is 0.774.